The molecule has 1 fully saturated rings. The number of rotatable bonds is 5. The Balaban J connectivity index is 1.33. The van der Waals surface area contributed by atoms with Gasteiger partial charge < -0.3 is 10.2 Å². The summed E-state index contributed by atoms with van der Waals surface area (Å²) in [4.78, 5) is 47.1. The number of hydrogen-bond acceptors (Lipinski definition) is 6. The number of anilines is 1. The number of imide groups is 1. The number of nitrogens with one attached hydrogen (secondary N) is 1. The van der Waals surface area contributed by atoms with E-state index in [1.807, 2.05) is 41.3 Å². The number of carbonyl (C=O) groups is 3. The zero-order chi connectivity index (χ0) is 24.4. The standard InChI is InChI=1S/C27H24N4O3S/c32-24(29-25(35)19-6-2-1-3-7-19)20-8-5-15-30(17-20)22-10-4-9-21-23(22)27(34)31(26(21)33)16-18-11-13-28-14-12-18/h1-4,6-7,9-14,20H,5,8,15-17H2,(H,29,32,35)/t20-/m1/s1. The molecule has 8 heteroatoms. The summed E-state index contributed by atoms with van der Waals surface area (Å²) in [6.07, 6.45) is 4.81. The van der Waals surface area contributed by atoms with Gasteiger partial charge in [0.15, 0.2) is 0 Å². The van der Waals surface area contributed by atoms with Crippen LogP contribution in [-0.4, -0.2) is 45.7 Å². The van der Waals surface area contributed by atoms with Crippen molar-refractivity contribution >= 4 is 40.6 Å². The van der Waals surface area contributed by atoms with Gasteiger partial charge in [-0.3, -0.25) is 24.3 Å². The van der Waals surface area contributed by atoms with Gasteiger partial charge in [-0.05, 0) is 42.7 Å². The summed E-state index contributed by atoms with van der Waals surface area (Å²) in [5, 5.41) is 2.87. The number of nitrogens with zero attached hydrogens (tertiary/aromatic N) is 3. The average Bonchev–Trinajstić information content (AvgIpc) is 3.14. The fourth-order valence-electron chi connectivity index (χ4n) is 4.68. The molecule has 0 unspecified atom stereocenters. The molecule has 1 N–H and O–H groups in total. The fourth-order valence-corrected chi connectivity index (χ4v) is 4.92. The van der Waals surface area contributed by atoms with Gasteiger partial charge >= 0.3 is 0 Å². The Labute approximate surface area is 208 Å². The SMILES string of the molecule is O=C(NC(=S)c1ccccc1)[C@@H]1CCCN(c2cccc3c2C(=O)N(Cc2ccncc2)C3=O)C1. The number of benzene rings is 2. The first-order valence-electron chi connectivity index (χ1n) is 11.6. The molecule has 5 rings (SSSR count). The second-order valence-electron chi connectivity index (χ2n) is 8.72. The number of carbonyl (C=O) groups excluding carboxylic acids is 3. The van der Waals surface area contributed by atoms with E-state index in [0.29, 0.717) is 34.9 Å². The number of pyridine rings is 1. The molecule has 2 aliphatic rings. The van der Waals surface area contributed by atoms with Crippen LogP contribution in [0.15, 0.2) is 73.1 Å². The first kappa shape index (κ1) is 22.9. The van der Waals surface area contributed by atoms with Gasteiger partial charge in [-0.2, -0.15) is 0 Å². The van der Waals surface area contributed by atoms with Gasteiger partial charge in [-0.1, -0.05) is 48.6 Å². The maximum Gasteiger partial charge on any atom is 0.263 e. The average molecular weight is 485 g/mol. The molecule has 35 heavy (non-hydrogen) atoms. The topological polar surface area (TPSA) is 82.6 Å². The Hall–Kier alpha value is -3.91. The number of thiocarbonyl (C=S) groups is 1. The lowest BCUT2D eigenvalue weighted by atomic mass is 9.95. The van der Waals surface area contributed by atoms with Gasteiger partial charge in [-0.25, -0.2) is 0 Å². The summed E-state index contributed by atoms with van der Waals surface area (Å²) in [5.74, 6) is -1.02. The highest BCUT2D eigenvalue weighted by atomic mass is 32.1. The summed E-state index contributed by atoms with van der Waals surface area (Å²) in [6, 6.07) is 18.3. The van der Waals surface area contributed by atoms with Crippen LogP contribution in [0.25, 0.3) is 0 Å². The molecule has 2 aromatic carbocycles. The van der Waals surface area contributed by atoms with Crippen molar-refractivity contribution in [3.05, 3.63) is 95.3 Å². The van der Waals surface area contributed by atoms with Crippen molar-refractivity contribution in [3.8, 4) is 0 Å². The number of amides is 3. The van der Waals surface area contributed by atoms with Crippen molar-refractivity contribution in [1.29, 1.82) is 0 Å². The van der Waals surface area contributed by atoms with Crippen LogP contribution in [0.3, 0.4) is 0 Å². The molecule has 3 aromatic rings. The molecule has 0 radical (unpaired) electrons. The Morgan fingerprint density at radius 1 is 1.00 bits per heavy atom. The summed E-state index contributed by atoms with van der Waals surface area (Å²) in [5.41, 5.74) is 3.13. The summed E-state index contributed by atoms with van der Waals surface area (Å²) in [6.45, 7) is 1.34. The highest BCUT2D eigenvalue weighted by molar-refractivity contribution is 7.80. The Morgan fingerprint density at radius 3 is 2.54 bits per heavy atom. The molecule has 0 bridgehead atoms. The normalized spacial score (nSPS) is 17.3. The smallest absolute Gasteiger partial charge is 0.263 e. The maximum atomic E-state index is 13.4. The molecule has 3 heterocycles. The molecule has 1 atom stereocenters. The van der Waals surface area contributed by atoms with Gasteiger partial charge in [0.2, 0.25) is 5.91 Å². The number of aromatic nitrogens is 1. The van der Waals surface area contributed by atoms with Crippen LogP contribution < -0.4 is 10.2 Å². The zero-order valence-electron chi connectivity index (χ0n) is 19.0. The molecule has 0 saturated carbocycles. The third-order valence-corrected chi connectivity index (χ3v) is 6.81. The van der Waals surface area contributed by atoms with E-state index in [4.69, 9.17) is 12.2 Å². The predicted molar refractivity (Wildman–Crippen MR) is 136 cm³/mol. The number of piperidine rings is 1. The molecule has 1 saturated heterocycles. The highest BCUT2D eigenvalue weighted by Crippen LogP contribution is 2.34. The zero-order valence-corrected chi connectivity index (χ0v) is 19.8. The quantitative estimate of drug-likeness (QED) is 0.440. The van der Waals surface area contributed by atoms with E-state index >= 15 is 0 Å². The van der Waals surface area contributed by atoms with E-state index < -0.39 is 0 Å². The second kappa shape index (κ2) is 9.76. The lowest BCUT2D eigenvalue weighted by Crippen LogP contribution is -2.45. The van der Waals surface area contributed by atoms with Crippen molar-refractivity contribution < 1.29 is 14.4 Å². The number of hydrogen-bond donors (Lipinski definition) is 1. The van der Waals surface area contributed by atoms with Crippen molar-refractivity contribution in [2.45, 2.75) is 19.4 Å². The first-order chi connectivity index (χ1) is 17.0. The maximum absolute atomic E-state index is 13.4. The minimum atomic E-state index is -0.311. The Bertz CT molecular complexity index is 1300. The van der Waals surface area contributed by atoms with Crippen molar-refractivity contribution in [1.82, 2.24) is 15.2 Å². The Kier molecular flexibility index (Phi) is 6.37. The fraction of sp³-hybridized carbons (Fsp3) is 0.222. The molecule has 1 aromatic heterocycles. The predicted octanol–water partition coefficient (Wildman–Crippen LogP) is 3.59. The van der Waals surface area contributed by atoms with Gasteiger partial charge in [-0.15, -0.1) is 0 Å². The van der Waals surface area contributed by atoms with E-state index in [1.54, 1.807) is 36.7 Å². The molecule has 176 valence electrons. The van der Waals surface area contributed by atoms with E-state index in [9.17, 15) is 14.4 Å². The van der Waals surface area contributed by atoms with Crippen LogP contribution in [0, 0.1) is 5.92 Å². The Morgan fingerprint density at radius 2 is 1.77 bits per heavy atom. The highest BCUT2D eigenvalue weighted by Gasteiger charge is 2.39. The van der Waals surface area contributed by atoms with Crippen LogP contribution in [0.2, 0.25) is 0 Å². The third-order valence-electron chi connectivity index (χ3n) is 6.47. The van der Waals surface area contributed by atoms with Gasteiger partial charge in [0.05, 0.1) is 29.3 Å². The van der Waals surface area contributed by atoms with Gasteiger partial charge in [0.25, 0.3) is 11.8 Å². The van der Waals surface area contributed by atoms with Crippen LogP contribution in [0.1, 0.15) is 44.7 Å². The molecule has 7 nitrogen and oxygen atoms in total. The van der Waals surface area contributed by atoms with E-state index in [0.717, 1.165) is 24.0 Å². The monoisotopic (exact) mass is 484 g/mol. The summed E-state index contributed by atoms with van der Waals surface area (Å²) >= 11 is 5.41. The van der Waals surface area contributed by atoms with Crippen LogP contribution in [0.4, 0.5) is 5.69 Å². The summed E-state index contributed by atoms with van der Waals surface area (Å²) < 4.78 is 0. The molecule has 0 spiro atoms. The molecule has 0 aliphatic carbocycles. The summed E-state index contributed by atoms with van der Waals surface area (Å²) in [7, 11) is 0. The molecule has 2 aliphatic heterocycles. The van der Waals surface area contributed by atoms with Crippen LogP contribution in [0.5, 0.6) is 0 Å². The van der Waals surface area contributed by atoms with Crippen molar-refractivity contribution in [3.63, 3.8) is 0 Å². The third kappa shape index (κ3) is 4.57. The lowest BCUT2D eigenvalue weighted by molar-refractivity contribution is -0.123. The van der Waals surface area contributed by atoms with Crippen LogP contribution in [-0.2, 0) is 11.3 Å². The van der Waals surface area contributed by atoms with Gasteiger partial charge in [0.1, 0.15) is 4.99 Å². The van der Waals surface area contributed by atoms with E-state index in [-0.39, 0.29) is 30.2 Å². The van der Waals surface area contributed by atoms with E-state index in [1.165, 1.54) is 4.90 Å². The lowest BCUT2D eigenvalue weighted by Gasteiger charge is -2.34. The minimum absolute atomic E-state index is 0.127. The van der Waals surface area contributed by atoms with Crippen molar-refractivity contribution in [2.75, 3.05) is 18.0 Å². The molecular formula is C27H24N4O3S. The largest absolute Gasteiger partial charge is 0.370 e. The minimum Gasteiger partial charge on any atom is -0.370 e. The van der Waals surface area contributed by atoms with Gasteiger partial charge in [0, 0.05) is 31.0 Å². The number of fused-ring (bicyclic) bond motifs is 1. The van der Waals surface area contributed by atoms with E-state index in [2.05, 4.69) is 10.3 Å². The second-order valence-corrected chi connectivity index (χ2v) is 9.13. The molecular weight excluding hydrogens is 460 g/mol. The van der Waals surface area contributed by atoms with Crippen LogP contribution >= 0.6 is 12.2 Å². The molecule has 3 amide bonds. The first-order valence-corrected chi connectivity index (χ1v) is 12.0. The van der Waals surface area contributed by atoms with Crippen molar-refractivity contribution in [2.24, 2.45) is 5.92 Å².